The predicted molar refractivity (Wildman–Crippen MR) is 87.6 cm³/mol. The fourth-order valence-electron chi connectivity index (χ4n) is 2.01. The molecule has 0 saturated carbocycles. The molecular weight excluding hydrogens is 296 g/mol. The largest absolute Gasteiger partial charge is 0.465 e. The van der Waals surface area contributed by atoms with Gasteiger partial charge in [0.2, 0.25) is 0 Å². The summed E-state index contributed by atoms with van der Waals surface area (Å²) in [4.78, 5) is 23.3. The molecule has 2 rings (SSSR count). The molecule has 0 atom stereocenters. The van der Waals surface area contributed by atoms with Gasteiger partial charge in [-0.25, -0.2) is 9.59 Å². The van der Waals surface area contributed by atoms with E-state index in [9.17, 15) is 9.59 Å². The van der Waals surface area contributed by atoms with Gasteiger partial charge in [-0.05, 0) is 42.0 Å². The van der Waals surface area contributed by atoms with Crippen molar-refractivity contribution in [3.05, 3.63) is 59.7 Å². The number of methoxy groups -OCH3 is 2. The molecule has 6 nitrogen and oxygen atoms in total. The normalized spacial score (nSPS) is 10.0. The summed E-state index contributed by atoms with van der Waals surface area (Å²) >= 11 is 0. The highest BCUT2D eigenvalue weighted by Gasteiger charge is 2.06. The zero-order valence-corrected chi connectivity index (χ0v) is 13.0. The van der Waals surface area contributed by atoms with E-state index in [-0.39, 0.29) is 6.03 Å². The summed E-state index contributed by atoms with van der Waals surface area (Å²) < 4.78 is 9.68. The number of benzene rings is 2. The van der Waals surface area contributed by atoms with Crippen LogP contribution in [0.25, 0.3) is 0 Å². The molecule has 23 heavy (non-hydrogen) atoms. The molecule has 0 fully saturated rings. The Morgan fingerprint density at radius 1 is 0.957 bits per heavy atom. The van der Waals surface area contributed by atoms with Crippen LogP contribution >= 0.6 is 0 Å². The van der Waals surface area contributed by atoms with E-state index in [1.807, 2.05) is 18.2 Å². The number of amides is 2. The van der Waals surface area contributed by atoms with Crippen molar-refractivity contribution in [2.45, 2.75) is 6.61 Å². The van der Waals surface area contributed by atoms with Crippen LogP contribution in [0, 0.1) is 0 Å². The number of hydrogen-bond acceptors (Lipinski definition) is 4. The lowest BCUT2D eigenvalue weighted by atomic mass is 10.2. The van der Waals surface area contributed by atoms with E-state index < -0.39 is 5.97 Å². The fraction of sp³-hybridized carbons (Fsp3) is 0.176. The molecule has 0 aliphatic heterocycles. The third-order valence-corrected chi connectivity index (χ3v) is 3.06. The van der Waals surface area contributed by atoms with Crippen LogP contribution in [-0.2, 0) is 16.1 Å². The van der Waals surface area contributed by atoms with Crippen LogP contribution < -0.4 is 10.6 Å². The van der Waals surface area contributed by atoms with E-state index >= 15 is 0 Å². The SMILES string of the molecule is COCc1cccc(NC(=O)Nc2ccc(C(=O)OC)cc2)c1. The first-order valence-electron chi connectivity index (χ1n) is 6.96. The zero-order chi connectivity index (χ0) is 16.7. The number of urea groups is 1. The summed E-state index contributed by atoms with van der Waals surface area (Å²) in [5, 5.41) is 5.43. The second kappa shape index (κ2) is 7.95. The monoisotopic (exact) mass is 314 g/mol. The number of hydrogen-bond donors (Lipinski definition) is 2. The van der Waals surface area contributed by atoms with E-state index in [2.05, 4.69) is 15.4 Å². The van der Waals surface area contributed by atoms with Crippen molar-refractivity contribution in [2.75, 3.05) is 24.9 Å². The third-order valence-electron chi connectivity index (χ3n) is 3.06. The molecule has 0 bridgehead atoms. The molecule has 2 N–H and O–H groups in total. The van der Waals surface area contributed by atoms with E-state index in [1.54, 1.807) is 37.4 Å². The minimum Gasteiger partial charge on any atom is -0.465 e. The smallest absolute Gasteiger partial charge is 0.337 e. The summed E-state index contributed by atoms with van der Waals surface area (Å²) in [6, 6.07) is 13.4. The molecule has 2 aromatic carbocycles. The van der Waals surface area contributed by atoms with Gasteiger partial charge in [0.05, 0.1) is 19.3 Å². The van der Waals surface area contributed by atoms with E-state index in [1.165, 1.54) is 7.11 Å². The van der Waals surface area contributed by atoms with Crippen molar-refractivity contribution in [1.29, 1.82) is 0 Å². The van der Waals surface area contributed by atoms with Crippen molar-refractivity contribution in [3.8, 4) is 0 Å². The zero-order valence-electron chi connectivity index (χ0n) is 13.0. The molecule has 6 heteroatoms. The van der Waals surface area contributed by atoms with E-state index in [0.717, 1.165) is 5.56 Å². The van der Waals surface area contributed by atoms with Crippen molar-refractivity contribution in [2.24, 2.45) is 0 Å². The van der Waals surface area contributed by atoms with Crippen molar-refractivity contribution in [3.63, 3.8) is 0 Å². The Morgan fingerprint density at radius 3 is 2.30 bits per heavy atom. The molecule has 0 heterocycles. The predicted octanol–water partition coefficient (Wildman–Crippen LogP) is 3.26. The number of carbonyl (C=O) groups is 2. The highest BCUT2D eigenvalue weighted by molar-refractivity contribution is 6.00. The van der Waals surface area contributed by atoms with Gasteiger partial charge in [-0.2, -0.15) is 0 Å². The lowest BCUT2D eigenvalue weighted by molar-refractivity contribution is 0.0601. The maximum absolute atomic E-state index is 12.0. The second-order valence-electron chi connectivity index (χ2n) is 4.78. The van der Waals surface area contributed by atoms with Gasteiger partial charge < -0.3 is 20.1 Å². The van der Waals surface area contributed by atoms with Crippen LogP contribution in [0.1, 0.15) is 15.9 Å². The number of ether oxygens (including phenoxy) is 2. The number of nitrogens with one attached hydrogen (secondary N) is 2. The maximum Gasteiger partial charge on any atom is 0.337 e. The Bertz CT molecular complexity index is 683. The lowest BCUT2D eigenvalue weighted by Crippen LogP contribution is -2.19. The van der Waals surface area contributed by atoms with Gasteiger partial charge in [0, 0.05) is 18.5 Å². The minimum atomic E-state index is -0.420. The van der Waals surface area contributed by atoms with Crippen LogP contribution in [0.3, 0.4) is 0 Å². The summed E-state index contributed by atoms with van der Waals surface area (Å²) in [7, 11) is 2.93. The Morgan fingerprint density at radius 2 is 1.65 bits per heavy atom. The standard InChI is InChI=1S/C17H18N2O4/c1-22-11-12-4-3-5-15(10-12)19-17(21)18-14-8-6-13(7-9-14)16(20)23-2/h3-10H,11H2,1-2H3,(H2,18,19,21). The summed E-state index contributed by atoms with van der Waals surface area (Å²) in [6.07, 6.45) is 0. The Kier molecular flexibility index (Phi) is 5.71. The van der Waals surface area contributed by atoms with Crippen LogP contribution in [0.2, 0.25) is 0 Å². The van der Waals surface area contributed by atoms with E-state index in [4.69, 9.17) is 4.74 Å². The molecule has 0 unspecified atom stereocenters. The van der Waals surface area contributed by atoms with Gasteiger partial charge >= 0.3 is 12.0 Å². The van der Waals surface area contributed by atoms with Crippen LogP contribution in [0.4, 0.5) is 16.2 Å². The van der Waals surface area contributed by atoms with Crippen LogP contribution in [-0.4, -0.2) is 26.2 Å². The summed E-state index contributed by atoms with van der Waals surface area (Å²) in [6.45, 7) is 0.478. The molecule has 0 aliphatic rings. The minimum absolute atomic E-state index is 0.370. The van der Waals surface area contributed by atoms with Crippen molar-refractivity contribution < 1.29 is 19.1 Å². The Labute approximate surface area is 134 Å². The van der Waals surface area contributed by atoms with Gasteiger partial charge in [-0.1, -0.05) is 12.1 Å². The molecule has 0 radical (unpaired) electrons. The van der Waals surface area contributed by atoms with Crippen molar-refractivity contribution in [1.82, 2.24) is 0 Å². The lowest BCUT2D eigenvalue weighted by Gasteiger charge is -2.09. The van der Waals surface area contributed by atoms with Gasteiger partial charge in [-0.3, -0.25) is 0 Å². The first-order valence-corrected chi connectivity index (χ1v) is 6.96. The van der Waals surface area contributed by atoms with Gasteiger partial charge in [0.25, 0.3) is 0 Å². The summed E-state index contributed by atoms with van der Waals surface area (Å²) in [5.41, 5.74) is 2.63. The molecule has 0 saturated heterocycles. The Balaban J connectivity index is 1.96. The van der Waals surface area contributed by atoms with Gasteiger partial charge in [0.1, 0.15) is 0 Å². The highest BCUT2D eigenvalue weighted by atomic mass is 16.5. The molecule has 2 aromatic rings. The first-order chi connectivity index (χ1) is 11.1. The van der Waals surface area contributed by atoms with Crippen LogP contribution in [0.15, 0.2) is 48.5 Å². The fourth-order valence-corrected chi connectivity index (χ4v) is 2.01. The van der Waals surface area contributed by atoms with Crippen molar-refractivity contribution >= 4 is 23.4 Å². The van der Waals surface area contributed by atoms with E-state index in [0.29, 0.717) is 23.5 Å². The molecular formula is C17H18N2O4. The van der Waals surface area contributed by atoms with Gasteiger partial charge in [-0.15, -0.1) is 0 Å². The van der Waals surface area contributed by atoms with Crippen LogP contribution in [0.5, 0.6) is 0 Å². The molecule has 0 aromatic heterocycles. The number of anilines is 2. The molecule has 120 valence electrons. The molecule has 2 amide bonds. The average molecular weight is 314 g/mol. The first kappa shape index (κ1) is 16.5. The number of carbonyl (C=O) groups excluding carboxylic acids is 2. The number of rotatable bonds is 5. The maximum atomic E-state index is 12.0. The molecule has 0 spiro atoms. The number of esters is 1. The second-order valence-corrected chi connectivity index (χ2v) is 4.78. The summed E-state index contributed by atoms with van der Waals surface area (Å²) in [5.74, 6) is -0.420. The third kappa shape index (κ3) is 4.82. The average Bonchev–Trinajstić information content (AvgIpc) is 2.55. The topological polar surface area (TPSA) is 76.7 Å². The quantitative estimate of drug-likeness (QED) is 0.831. The highest BCUT2D eigenvalue weighted by Crippen LogP contribution is 2.14. The molecule has 0 aliphatic carbocycles. The van der Waals surface area contributed by atoms with Gasteiger partial charge in [0.15, 0.2) is 0 Å². The Hall–Kier alpha value is -2.86.